The highest BCUT2D eigenvalue weighted by atomic mass is 16.3. The van der Waals surface area contributed by atoms with Gasteiger partial charge in [-0.2, -0.15) is 0 Å². The SMILES string of the molecule is Nc1c2c(nc3ccc(O)cc13)CCCC2.O.O. The lowest BCUT2D eigenvalue weighted by atomic mass is 9.93. The highest BCUT2D eigenvalue weighted by molar-refractivity contribution is 5.93. The van der Waals surface area contributed by atoms with Gasteiger partial charge in [-0.05, 0) is 49.4 Å². The molecule has 5 heteroatoms. The van der Waals surface area contributed by atoms with E-state index in [1.807, 2.05) is 6.07 Å². The van der Waals surface area contributed by atoms with Gasteiger partial charge in [0.1, 0.15) is 5.75 Å². The number of phenolic OH excluding ortho intramolecular Hbond substituents is 1. The molecule has 5 nitrogen and oxygen atoms in total. The summed E-state index contributed by atoms with van der Waals surface area (Å²) in [5.74, 6) is 0.247. The lowest BCUT2D eigenvalue weighted by Gasteiger charge is -2.18. The van der Waals surface area contributed by atoms with Gasteiger partial charge in [0.25, 0.3) is 0 Å². The quantitative estimate of drug-likeness (QED) is 0.717. The maximum absolute atomic E-state index is 9.48. The summed E-state index contributed by atoms with van der Waals surface area (Å²) >= 11 is 0. The lowest BCUT2D eigenvalue weighted by molar-refractivity contribution is 0.476. The van der Waals surface area contributed by atoms with Crippen LogP contribution < -0.4 is 5.73 Å². The zero-order valence-corrected chi connectivity index (χ0v) is 10.0. The Hall–Kier alpha value is -1.85. The molecule has 0 bridgehead atoms. The van der Waals surface area contributed by atoms with E-state index in [9.17, 15) is 5.11 Å². The minimum absolute atomic E-state index is 0. The smallest absolute Gasteiger partial charge is 0.116 e. The molecule has 7 N–H and O–H groups in total. The van der Waals surface area contributed by atoms with Crippen molar-refractivity contribution >= 4 is 16.6 Å². The van der Waals surface area contributed by atoms with E-state index in [2.05, 4.69) is 4.98 Å². The average Bonchev–Trinajstić information content (AvgIpc) is 2.31. The van der Waals surface area contributed by atoms with Crippen molar-refractivity contribution in [3.05, 3.63) is 29.5 Å². The number of nitrogen functional groups attached to an aromatic ring is 1. The molecule has 1 heterocycles. The molecule has 1 aliphatic rings. The highest BCUT2D eigenvalue weighted by Crippen LogP contribution is 2.32. The number of rotatable bonds is 0. The minimum atomic E-state index is 0. The van der Waals surface area contributed by atoms with E-state index in [-0.39, 0.29) is 16.7 Å². The number of phenols is 1. The van der Waals surface area contributed by atoms with Crippen molar-refractivity contribution in [1.29, 1.82) is 0 Å². The molecule has 0 atom stereocenters. The molecule has 0 unspecified atom stereocenters. The Bertz CT molecular complexity index is 570. The topological polar surface area (TPSA) is 122 Å². The van der Waals surface area contributed by atoms with E-state index in [1.165, 1.54) is 18.4 Å². The first-order valence-corrected chi connectivity index (χ1v) is 5.65. The van der Waals surface area contributed by atoms with Crippen LogP contribution in [0.2, 0.25) is 0 Å². The number of aromatic nitrogens is 1. The summed E-state index contributed by atoms with van der Waals surface area (Å²) in [6, 6.07) is 5.19. The van der Waals surface area contributed by atoms with E-state index >= 15 is 0 Å². The van der Waals surface area contributed by atoms with Gasteiger partial charge in [-0.25, -0.2) is 0 Å². The Balaban J connectivity index is 0.000000810. The number of aryl methyl sites for hydroxylation is 1. The normalized spacial score (nSPS) is 13.3. The van der Waals surface area contributed by atoms with Gasteiger partial charge in [0.2, 0.25) is 0 Å². The van der Waals surface area contributed by atoms with Gasteiger partial charge < -0.3 is 21.8 Å². The maximum Gasteiger partial charge on any atom is 0.116 e. The molecule has 0 saturated heterocycles. The minimum Gasteiger partial charge on any atom is -0.508 e. The molecule has 0 aliphatic heterocycles. The number of hydrogen-bond acceptors (Lipinski definition) is 3. The zero-order chi connectivity index (χ0) is 11.1. The Kier molecular flexibility index (Phi) is 4.11. The Morgan fingerprint density at radius 1 is 1.11 bits per heavy atom. The number of nitrogens with two attached hydrogens (primary N) is 1. The van der Waals surface area contributed by atoms with E-state index in [0.29, 0.717) is 0 Å². The second-order valence-electron chi connectivity index (χ2n) is 4.36. The number of fused-ring (bicyclic) bond motifs is 2. The molecule has 18 heavy (non-hydrogen) atoms. The molecule has 1 aromatic carbocycles. The van der Waals surface area contributed by atoms with E-state index < -0.39 is 0 Å². The summed E-state index contributed by atoms with van der Waals surface area (Å²) in [4.78, 5) is 4.63. The van der Waals surface area contributed by atoms with Crippen molar-refractivity contribution in [3.8, 4) is 5.75 Å². The first-order chi connectivity index (χ1) is 7.75. The van der Waals surface area contributed by atoms with E-state index in [0.717, 1.165) is 35.1 Å². The Labute approximate surface area is 105 Å². The molecule has 2 aromatic rings. The van der Waals surface area contributed by atoms with Crippen LogP contribution >= 0.6 is 0 Å². The molecule has 0 saturated carbocycles. The Morgan fingerprint density at radius 3 is 2.61 bits per heavy atom. The van der Waals surface area contributed by atoms with Crippen molar-refractivity contribution in [2.45, 2.75) is 25.7 Å². The number of hydrogen-bond donors (Lipinski definition) is 2. The third-order valence-electron chi connectivity index (χ3n) is 3.29. The summed E-state index contributed by atoms with van der Waals surface area (Å²) in [7, 11) is 0. The summed E-state index contributed by atoms with van der Waals surface area (Å²) in [5.41, 5.74) is 10.2. The fourth-order valence-corrected chi connectivity index (χ4v) is 2.45. The van der Waals surface area contributed by atoms with Gasteiger partial charge in [-0.3, -0.25) is 4.98 Å². The summed E-state index contributed by atoms with van der Waals surface area (Å²) in [6.45, 7) is 0. The van der Waals surface area contributed by atoms with Gasteiger partial charge in [0.15, 0.2) is 0 Å². The molecule has 3 rings (SSSR count). The highest BCUT2D eigenvalue weighted by Gasteiger charge is 2.16. The molecule has 1 aromatic heterocycles. The van der Waals surface area contributed by atoms with Crippen LogP contribution in [0, 0.1) is 0 Å². The van der Waals surface area contributed by atoms with Crippen molar-refractivity contribution < 1.29 is 16.1 Å². The number of nitrogens with zero attached hydrogens (tertiary/aromatic N) is 1. The standard InChI is InChI=1S/C13H14N2O.2H2O/c14-13-9-3-1-2-4-11(9)15-12-6-5-8(16)7-10(12)13;;/h5-7,16H,1-4H2,(H2,14,15);2*1H2. The molecular weight excluding hydrogens is 232 g/mol. The second-order valence-corrected chi connectivity index (χ2v) is 4.36. The largest absolute Gasteiger partial charge is 0.508 e. The zero-order valence-electron chi connectivity index (χ0n) is 10.0. The fraction of sp³-hybridized carbons (Fsp3) is 0.308. The van der Waals surface area contributed by atoms with Crippen molar-refractivity contribution in [3.63, 3.8) is 0 Å². The fourth-order valence-electron chi connectivity index (χ4n) is 2.45. The second kappa shape index (κ2) is 5.20. The molecule has 98 valence electrons. The summed E-state index contributed by atoms with van der Waals surface area (Å²) < 4.78 is 0. The number of anilines is 1. The molecule has 0 amide bonds. The van der Waals surface area contributed by atoms with Crippen LogP contribution in [-0.4, -0.2) is 21.0 Å². The van der Waals surface area contributed by atoms with Crippen LogP contribution in [0.5, 0.6) is 5.75 Å². The van der Waals surface area contributed by atoms with Crippen LogP contribution in [0.1, 0.15) is 24.1 Å². The third-order valence-corrected chi connectivity index (χ3v) is 3.29. The van der Waals surface area contributed by atoms with Crippen LogP contribution in [0.4, 0.5) is 5.69 Å². The van der Waals surface area contributed by atoms with Gasteiger partial charge in [0.05, 0.1) is 5.52 Å². The van der Waals surface area contributed by atoms with Gasteiger partial charge >= 0.3 is 0 Å². The molecule has 0 radical (unpaired) electrons. The van der Waals surface area contributed by atoms with Gasteiger partial charge in [-0.15, -0.1) is 0 Å². The predicted octanol–water partition coefficient (Wildman–Crippen LogP) is 0.752. The van der Waals surface area contributed by atoms with Crippen LogP contribution in [-0.2, 0) is 12.8 Å². The Morgan fingerprint density at radius 2 is 1.83 bits per heavy atom. The predicted molar refractivity (Wildman–Crippen MR) is 71.7 cm³/mol. The summed E-state index contributed by atoms with van der Waals surface area (Å²) in [5, 5.41) is 10.4. The maximum atomic E-state index is 9.48. The molecule has 1 aliphatic carbocycles. The first-order valence-electron chi connectivity index (χ1n) is 5.65. The van der Waals surface area contributed by atoms with Crippen molar-refractivity contribution in [2.75, 3.05) is 5.73 Å². The van der Waals surface area contributed by atoms with Gasteiger partial charge in [0, 0.05) is 16.8 Å². The average molecular weight is 250 g/mol. The third kappa shape index (κ3) is 2.10. The summed E-state index contributed by atoms with van der Waals surface area (Å²) in [6.07, 6.45) is 4.42. The van der Waals surface area contributed by atoms with Crippen LogP contribution in [0.15, 0.2) is 18.2 Å². The van der Waals surface area contributed by atoms with E-state index in [1.54, 1.807) is 12.1 Å². The lowest BCUT2D eigenvalue weighted by Crippen LogP contribution is -2.09. The van der Waals surface area contributed by atoms with Crippen molar-refractivity contribution in [2.24, 2.45) is 0 Å². The van der Waals surface area contributed by atoms with Gasteiger partial charge in [-0.1, -0.05) is 0 Å². The van der Waals surface area contributed by atoms with Crippen molar-refractivity contribution in [1.82, 2.24) is 4.98 Å². The molecule has 0 fully saturated rings. The molecule has 0 spiro atoms. The van der Waals surface area contributed by atoms with E-state index in [4.69, 9.17) is 5.73 Å². The number of pyridine rings is 1. The monoisotopic (exact) mass is 250 g/mol. The first kappa shape index (κ1) is 14.2. The van der Waals surface area contributed by atoms with Crippen LogP contribution in [0.3, 0.4) is 0 Å². The van der Waals surface area contributed by atoms with Crippen LogP contribution in [0.25, 0.3) is 10.9 Å². The molecular formula is C13H18N2O3. The number of aromatic hydroxyl groups is 1. The number of benzene rings is 1.